The van der Waals surface area contributed by atoms with E-state index in [0.717, 1.165) is 108 Å². The summed E-state index contributed by atoms with van der Waals surface area (Å²) in [6, 6.07) is 0. The standard InChI is InChI=1S/C70H136O17P2/c1-7-10-12-14-16-18-20-21-22-23-24-26-30-35-43-49-55-70(75)86-65(58-80-67(72)52-46-40-33-31-27-28-32-38-44-50-62(4)5)60-84-88(76,77)82-56-64(71)57-83-89(78,79)85-61-66(59-81-68(73)53-47-41-37-36-39-45-51-63(6)9-3)87-69(74)54-48-42-34-29-25-19-17-15-13-11-8-2/h62-66,71H,7-61H2,1-6H3,(H,76,77)(H,78,79)/t63?,64-,65-,66-/m1/s1. The van der Waals surface area contributed by atoms with Crippen molar-refractivity contribution in [3.63, 3.8) is 0 Å². The Balaban J connectivity index is 5.24. The largest absolute Gasteiger partial charge is 0.472 e. The zero-order chi connectivity index (χ0) is 65.7. The van der Waals surface area contributed by atoms with Gasteiger partial charge < -0.3 is 33.8 Å². The molecule has 0 spiro atoms. The van der Waals surface area contributed by atoms with Crippen LogP contribution in [0.1, 0.15) is 356 Å². The van der Waals surface area contributed by atoms with Gasteiger partial charge in [-0.3, -0.25) is 37.3 Å². The molecule has 0 aliphatic heterocycles. The van der Waals surface area contributed by atoms with Crippen LogP contribution in [0.15, 0.2) is 0 Å². The number of hydrogen-bond donors (Lipinski definition) is 3. The topological polar surface area (TPSA) is 237 Å². The highest BCUT2D eigenvalue weighted by Crippen LogP contribution is 2.45. The predicted molar refractivity (Wildman–Crippen MR) is 358 cm³/mol. The van der Waals surface area contributed by atoms with Crippen molar-refractivity contribution in [2.45, 2.75) is 374 Å². The van der Waals surface area contributed by atoms with E-state index >= 15 is 0 Å². The SMILES string of the molecule is CCCCCCCCCCCCCCCCCCC(=O)O[C@H](COC(=O)CCCCCCCCCCCC(C)C)COP(=O)(O)OC[C@@H](O)COP(=O)(O)OC[C@@H](COC(=O)CCCCCCCCC(C)CC)OC(=O)CCCCCCCCCCCCC. The Morgan fingerprint density at radius 2 is 0.573 bits per heavy atom. The molecule has 17 nitrogen and oxygen atoms in total. The lowest BCUT2D eigenvalue weighted by molar-refractivity contribution is -0.161. The third-order valence-electron chi connectivity index (χ3n) is 16.6. The number of phosphoric acid groups is 2. The highest BCUT2D eigenvalue weighted by atomic mass is 31.2. The van der Waals surface area contributed by atoms with E-state index in [0.29, 0.717) is 25.7 Å². The molecule has 0 aromatic rings. The summed E-state index contributed by atoms with van der Waals surface area (Å²) in [6.45, 7) is 9.49. The van der Waals surface area contributed by atoms with Gasteiger partial charge in [-0.05, 0) is 37.5 Å². The first-order chi connectivity index (χ1) is 42.9. The van der Waals surface area contributed by atoms with E-state index in [9.17, 15) is 43.2 Å². The van der Waals surface area contributed by atoms with Crippen LogP contribution in [0.5, 0.6) is 0 Å². The van der Waals surface area contributed by atoms with Crippen LogP contribution in [0.25, 0.3) is 0 Å². The third kappa shape index (κ3) is 63.2. The molecule has 0 rings (SSSR count). The number of aliphatic hydroxyl groups excluding tert-OH is 1. The van der Waals surface area contributed by atoms with Gasteiger partial charge in [-0.15, -0.1) is 0 Å². The van der Waals surface area contributed by atoms with Crippen LogP contribution < -0.4 is 0 Å². The molecular weight excluding hydrogens is 1170 g/mol. The second-order valence-electron chi connectivity index (χ2n) is 26.0. The molecule has 89 heavy (non-hydrogen) atoms. The quantitative estimate of drug-likeness (QED) is 0.0222. The van der Waals surface area contributed by atoms with Gasteiger partial charge in [0, 0.05) is 25.7 Å². The van der Waals surface area contributed by atoms with Crippen LogP contribution in [0.4, 0.5) is 0 Å². The van der Waals surface area contributed by atoms with Gasteiger partial charge in [0.05, 0.1) is 26.4 Å². The molecular formula is C70H136O17P2. The van der Waals surface area contributed by atoms with Crippen LogP contribution in [-0.2, 0) is 65.4 Å². The van der Waals surface area contributed by atoms with Gasteiger partial charge in [0.2, 0.25) is 0 Å². The Kier molecular flexibility index (Phi) is 60.8. The van der Waals surface area contributed by atoms with Gasteiger partial charge in [0.25, 0.3) is 0 Å². The fourth-order valence-electron chi connectivity index (χ4n) is 10.6. The molecule has 528 valence electrons. The minimum atomic E-state index is -4.95. The van der Waals surface area contributed by atoms with E-state index in [1.165, 1.54) is 167 Å². The lowest BCUT2D eigenvalue weighted by Gasteiger charge is -2.21. The number of carbonyl (C=O) groups is 4. The number of carbonyl (C=O) groups excluding carboxylic acids is 4. The Morgan fingerprint density at radius 3 is 0.854 bits per heavy atom. The van der Waals surface area contributed by atoms with E-state index in [-0.39, 0.29) is 25.7 Å². The minimum Gasteiger partial charge on any atom is -0.462 e. The smallest absolute Gasteiger partial charge is 0.462 e. The maximum atomic E-state index is 13.0. The van der Waals surface area contributed by atoms with Gasteiger partial charge >= 0.3 is 39.5 Å². The van der Waals surface area contributed by atoms with Gasteiger partial charge in [-0.25, -0.2) is 9.13 Å². The van der Waals surface area contributed by atoms with E-state index < -0.39 is 97.5 Å². The molecule has 0 aromatic heterocycles. The van der Waals surface area contributed by atoms with E-state index in [1.54, 1.807) is 0 Å². The molecule has 6 atom stereocenters. The van der Waals surface area contributed by atoms with Gasteiger partial charge in [0.1, 0.15) is 19.3 Å². The van der Waals surface area contributed by atoms with E-state index in [2.05, 4.69) is 41.5 Å². The van der Waals surface area contributed by atoms with Crippen molar-refractivity contribution in [1.29, 1.82) is 0 Å². The molecule has 0 radical (unpaired) electrons. The summed E-state index contributed by atoms with van der Waals surface area (Å²) in [4.78, 5) is 72.5. The monoisotopic (exact) mass is 1310 g/mol. The Labute approximate surface area is 543 Å². The number of hydrogen-bond acceptors (Lipinski definition) is 15. The lowest BCUT2D eigenvalue weighted by Crippen LogP contribution is -2.30. The van der Waals surface area contributed by atoms with Gasteiger partial charge in [-0.1, -0.05) is 305 Å². The molecule has 0 fully saturated rings. The second-order valence-corrected chi connectivity index (χ2v) is 28.9. The molecule has 0 heterocycles. The van der Waals surface area contributed by atoms with Crippen molar-refractivity contribution < 1.29 is 80.2 Å². The molecule has 19 heteroatoms. The molecule has 0 saturated carbocycles. The number of rotatable bonds is 69. The summed E-state index contributed by atoms with van der Waals surface area (Å²) in [5, 5.41) is 10.6. The Morgan fingerprint density at radius 1 is 0.326 bits per heavy atom. The minimum absolute atomic E-state index is 0.106. The van der Waals surface area contributed by atoms with Crippen molar-refractivity contribution in [2.75, 3.05) is 39.6 Å². The van der Waals surface area contributed by atoms with E-state index in [4.69, 9.17) is 37.0 Å². The third-order valence-corrected chi connectivity index (χ3v) is 18.5. The van der Waals surface area contributed by atoms with Crippen LogP contribution in [-0.4, -0.2) is 96.7 Å². The second kappa shape index (κ2) is 62.2. The lowest BCUT2D eigenvalue weighted by atomic mass is 10.00. The highest BCUT2D eigenvalue weighted by molar-refractivity contribution is 7.47. The fourth-order valence-corrected chi connectivity index (χ4v) is 12.1. The molecule has 0 aliphatic rings. The normalized spacial score (nSPS) is 14.4. The van der Waals surface area contributed by atoms with Crippen LogP contribution in [0, 0.1) is 11.8 Å². The van der Waals surface area contributed by atoms with Crippen LogP contribution in [0.3, 0.4) is 0 Å². The molecule has 3 N–H and O–H groups in total. The Hall–Kier alpha value is -1.94. The van der Waals surface area contributed by atoms with Crippen LogP contribution in [0.2, 0.25) is 0 Å². The first kappa shape index (κ1) is 87.1. The molecule has 0 aliphatic carbocycles. The zero-order valence-electron chi connectivity index (χ0n) is 57.7. The molecule has 0 bridgehead atoms. The van der Waals surface area contributed by atoms with Gasteiger partial charge in [-0.2, -0.15) is 0 Å². The first-order valence-electron chi connectivity index (χ1n) is 36.5. The van der Waals surface area contributed by atoms with Crippen molar-refractivity contribution in [3.05, 3.63) is 0 Å². The summed E-state index contributed by atoms with van der Waals surface area (Å²) < 4.78 is 68.3. The number of esters is 4. The molecule has 0 saturated heterocycles. The summed E-state index contributed by atoms with van der Waals surface area (Å²) >= 11 is 0. The van der Waals surface area contributed by atoms with Crippen molar-refractivity contribution in [2.24, 2.45) is 11.8 Å². The predicted octanol–water partition coefficient (Wildman–Crippen LogP) is 20.0. The fraction of sp³-hybridized carbons (Fsp3) is 0.943. The first-order valence-corrected chi connectivity index (χ1v) is 39.5. The van der Waals surface area contributed by atoms with Crippen molar-refractivity contribution in [3.8, 4) is 0 Å². The number of ether oxygens (including phenoxy) is 4. The maximum absolute atomic E-state index is 13.0. The van der Waals surface area contributed by atoms with E-state index in [1.807, 2.05) is 0 Å². The van der Waals surface area contributed by atoms with Crippen molar-refractivity contribution >= 4 is 39.5 Å². The average molecular weight is 1310 g/mol. The summed E-state index contributed by atoms with van der Waals surface area (Å²) in [5.41, 5.74) is 0. The highest BCUT2D eigenvalue weighted by Gasteiger charge is 2.30. The molecule has 0 aromatic carbocycles. The average Bonchev–Trinajstić information content (AvgIpc) is 3.57. The summed E-state index contributed by atoms with van der Waals surface area (Å²) in [5.74, 6) is -0.649. The zero-order valence-corrected chi connectivity index (χ0v) is 59.5. The van der Waals surface area contributed by atoms with Crippen LogP contribution >= 0.6 is 15.6 Å². The summed E-state index contributed by atoms with van der Waals surface area (Å²) in [7, 11) is -9.90. The van der Waals surface area contributed by atoms with Gasteiger partial charge in [0.15, 0.2) is 12.2 Å². The molecule has 3 unspecified atom stereocenters. The number of unbranched alkanes of at least 4 members (excludes halogenated alkanes) is 38. The maximum Gasteiger partial charge on any atom is 0.472 e. The summed E-state index contributed by atoms with van der Waals surface area (Å²) in [6.07, 6.45) is 47.1. The Bertz CT molecular complexity index is 1740. The number of aliphatic hydroxyl groups is 1. The van der Waals surface area contributed by atoms with Crippen molar-refractivity contribution in [1.82, 2.24) is 0 Å². The molecule has 0 amide bonds. The number of phosphoric ester groups is 2.